The van der Waals surface area contributed by atoms with E-state index in [0.29, 0.717) is 18.3 Å². The summed E-state index contributed by atoms with van der Waals surface area (Å²) in [5.41, 5.74) is 10.7. The summed E-state index contributed by atoms with van der Waals surface area (Å²) >= 11 is 0. The third-order valence-corrected chi connectivity index (χ3v) is 6.94. The minimum absolute atomic E-state index is 0.0131. The second-order valence-corrected chi connectivity index (χ2v) is 9.63. The Morgan fingerprint density at radius 2 is 2.03 bits per heavy atom. The first kappa shape index (κ1) is 28.1. The van der Waals surface area contributed by atoms with Gasteiger partial charge in [-0.2, -0.15) is 0 Å². The molecule has 1 saturated heterocycles. The maximum atomic E-state index is 13.4. The van der Waals surface area contributed by atoms with Crippen molar-refractivity contribution in [1.82, 2.24) is 24.8 Å². The van der Waals surface area contributed by atoms with Gasteiger partial charge in [0.05, 0.1) is 29.5 Å². The highest BCUT2D eigenvalue weighted by atomic mass is 16.5. The number of carbonyl (C=O) groups excluding carboxylic acids is 1. The number of aromatic amines is 1. The Balaban J connectivity index is 1.61. The zero-order valence-electron chi connectivity index (χ0n) is 23.4. The van der Waals surface area contributed by atoms with Crippen LogP contribution in [-0.2, 0) is 9.53 Å². The number of para-hydroxylation sites is 1. The molecule has 3 aromatic rings. The summed E-state index contributed by atoms with van der Waals surface area (Å²) in [6.45, 7) is 10.0. The summed E-state index contributed by atoms with van der Waals surface area (Å²) in [6, 6.07) is 5.72. The van der Waals surface area contributed by atoms with Crippen molar-refractivity contribution in [2.75, 3.05) is 57.5 Å². The Bertz CT molecular complexity index is 1360. The highest BCUT2D eigenvalue weighted by Crippen LogP contribution is 2.33. The van der Waals surface area contributed by atoms with E-state index in [-0.39, 0.29) is 17.8 Å². The van der Waals surface area contributed by atoms with Crippen LogP contribution in [0.25, 0.3) is 22.2 Å². The van der Waals surface area contributed by atoms with Gasteiger partial charge in [-0.3, -0.25) is 14.7 Å². The molecule has 1 aliphatic heterocycles. The number of nitrogens with one attached hydrogen (secondary N) is 3. The molecule has 0 bridgehead atoms. The van der Waals surface area contributed by atoms with Gasteiger partial charge in [0.1, 0.15) is 5.70 Å². The molecule has 1 aromatic carbocycles. The number of aromatic nitrogens is 3. The number of carbonyl (C=O) groups is 1. The number of amides is 1. The summed E-state index contributed by atoms with van der Waals surface area (Å²) in [7, 11) is 3.77. The molecule has 39 heavy (non-hydrogen) atoms. The van der Waals surface area contributed by atoms with Gasteiger partial charge in [-0.1, -0.05) is 19.1 Å². The fourth-order valence-corrected chi connectivity index (χ4v) is 4.83. The SMILES string of the molecule is CCOC(N)=C(C=NC)Nc1ncc(C)c(-c2c[nH]c3c(NC(=O)[C@@H](CC)N4CCN(C)CC4)cccc23)n1. The molecule has 208 valence electrons. The number of benzene rings is 1. The Labute approximate surface area is 229 Å². The second kappa shape index (κ2) is 12.7. The first-order chi connectivity index (χ1) is 18.9. The van der Waals surface area contributed by atoms with Crippen molar-refractivity contribution in [2.24, 2.45) is 10.7 Å². The molecule has 11 heteroatoms. The molecule has 0 spiro atoms. The lowest BCUT2D eigenvalue weighted by molar-refractivity contribution is -0.122. The minimum atomic E-state index is -0.167. The van der Waals surface area contributed by atoms with Crippen molar-refractivity contribution in [3.63, 3.8) is 0 Å². The number of ether oxygens (including phenoxy) is 1. The van der Waals surface area contributed by atoms with Crippen molar-refractivity contribution in [3.8, 4) is 11.3 Å². The molecular weight excluding hydrogens is 494 g/mol. The number of H-pyrrole nitrogens is 1. The fourth-order valence-electron chi connectivity index (χ4n) is 4.83. The van der Waals surface area contributed by atoms with E-state index < -0.39 is 0 Å². The molecule has 1 fully saturated rings. The number of anilines is 2. The molecule has 1 atom stereocenters. The lowest BCUT2D eigenvalue weighted by Crippen LogP contribution is -2.52. The lowest BCUT2D eigenvalue weighted by atomic mass is 10.1. The van der Waals surface area contributed by atoms with Crippen LogP contribution in [0.3, 0.4) is 0 Å². The summed E-state index contributed by atoms with van der Waals surface area (Å²) in [5, 5.41) is 7.25. The van der Waals surface area contributed by atoms with Crippen LogP contribution >= 0.6 is 0 Å². The van der Waals surface area contributed by atoms with Gasteiger partial charge in [-0.05, 0) is 38.9 Å². The number of nitrogens with zero attached hydrogens (tertiary/aromatic N) is 5. The van der Waals surface area contributed by atoms with Crippen LogP contribution in [0.15, 0.2) is 47.2 Å². The number of aryl methyl sites for hydroxylation is 1. The minimum Gasteiger partial charge on any atom is -0.478 e. The fraction of sp³-hybridized carbons (Fsp3) is 0.429. The predicted octanol–water partition coefficient (Wildman–Crippen LogP) is 3.17. The average molecular weight is 534 g/mol. The van der Waals surface area contributed by atoms with E-state index >= 15 is 0 Å². The largest absolute Gasteiger partial charge is 0.478 e. The smallest absolute Gasteiger partial charge is 0.241 e. The van der Waals surface area contributed by atoms with E-state index in [4.69, 9.17) is 15.5 Å². The maximum absolute atomic E-state index is 13.4. The number of likely N-dealkylation sites (N-methyl/N-ethyl adjacent to an activating group) is 1. The number of fused-ring (bicyclic) bond motifs is 1. The standard InChI is InChI=1S/C28H39N9O2/c1-6-23(37-13-11-36(5)12-14-37)27(38)33-21-10-8-9-19-20(16-31-25(19)21)24-18(3)15-32-28(35-24)34-22(17-30-4)26(29)39-7-2/h8-10,15-17,23,31H,6-7,11-14,29H2,1-5H3,(H,33,38)(H,32,34,35)/t23-/m1/s1. The van der Waals surface area contributed by atoms with E-state index in [1.807, 2.05) is 38.2 Å². The molecule has 3 heterocycles. The molecular formula is C28H39N9O2. The van der Waals surface area contributed by atoms with Gasteiger partial charge in [-0.25, -0.2) is 9.97 Å². The number of nitrogens with two attached hydrogens (primary N) is 1. The Morgan fingerprint density at radius 1 is 1.26 bits per heavy atom. The monoisotopic (exact) mass is 533 g/mol. The number of rotatable bonds is 10. The summed E-state index contributed by atoms with van der Waals surface area (Å²) < 4.78 is 5.43. The van der Waals surface area contributed by atoms with Crippen LogP contribution in [0, 0.1) is 6.92 Å². The highest BCUT2D eigenvalue weighted by molar-refractivity contribution is 6.06. The van der Waals surface area contributed by atoms with Gasteiger partial charge < -0.3 is 31.0 Å². The quantitative estimate of drug-likeness (QED) is 0.230. The zero-order valence-corrected chi connectivity index (χ0v) is 23.4. The molecule has 5 N–H and O–H groups in total. The summed E-state index contributed by atoms with van der Waals surface area (Å²) in [6.07, 6.45) is 6.00. The second-order valence-electron chi connectivity index (χ2n) is 9.63. The number of hydrogen-bond donors (Lipinski definition) is 4. The molecule has 0 radical (unpaired) electrons. The van der Waals surface area contributed by atoms with Crippen molar-refractivity contribution in [2.45, 2.75) is 33.2 Å². The molecule has 4 rings (SSSR count). The first-order valence-corrected chi connectivity index (χ1v) is 13.4. The first-order valence-electron chi connectivity index (χ1n) is 13.4. The van der Waals surface area contributed by atoms with Crippen molar-refractivity contribution >= 4 is 34.7 Å². The van der Waals surface area contributed by atoms with E-state index in [9.17, 15) is 4.79 Å². The topological polar surface area (TPSA) is 137 Å². The number of piperazine rings is 1. The number of allylic oxidation sites excluding steroid dienone is 1. The lowest BCUT2D eigenvalue weighted by Gasteiger charge is -2.36. The van der Waals surface area contributed by atoms with E-state index in [2.05, 4.69) is 49.4 Å². The van der Waals surface area contributed by atoms with Crippen LogP contribution in [-0.4, -0.2) is 89.8 Å². The van der Waals surface area contributed by atoms with Crippen LogP contribution in [0.5, 0.6) is 0 Å². The van der Waals surface area contributed by atoms with E-state index in [1.54, 1.807) is 19.5 Å². The van der Waals surface area contributed by atoms with Crippen LogP contribution < -0.4 is 16.4 Å². The normalized spacial score (nSPS) is 16.3. The molecule has 0 saturated carbocycles. The average Bonchev–Trinajstić information content (AvgIpc) is 3.36. The van der Waals surface area contributed by atoms with Gasteiger partial charge in [0.25, 0.3) is 0 Å². The van der Waals surface area contributed by atoms with Crippen molar-refractivity contribution in [1.29, 1.82) is 0 Å². The van der Waals surface area contributed by atoms with Gasteiger partial charge in [0.15, 0.2) is 0 Å². The van der Waals surface area contributed by atoms with Gasteiger partial charge in [0.2, 0.25) is 17.7 Å². The predicted molar refractivity (Wildman–Crippen MR) is 157 cm³/mol. The van der Waals surface area contributed by atoms with E-state index in [1.165, 1.54) is 0 Å². The third-order valence-electron chi connectivity index (χ3n) is 6.94. The van der Waals surface area contributed by atoms with Crippen molar-refractivity contribution in [3.05, 3.63) is 47.7 Å². The van der Waals surface area contributed by atoms with Crippen LogP contribution in [0.2, 0.25) is 0 Å². The molecule has 0 unspecified atom stereocenters. The molecule has 1 amide bonds. The Kier molecular flexibility index (Phi) is 9.15. The number of aliphatic imine (C=N–C) groups is 1. The van der Waals surface area contributed by atoms with Crippen LogP contribution in [0.4, 0.5) is 11.6 Å². The van der Waals surface area contributed by atoms with Gasteiger partial charge in [-0.15, -0.1) is 0 Å². The zero-order chi connectivity index (χ0) is 27.9. The van der Waals surface area contributed by atoms with Gasteiger partial charge in [0, 0.05) is 62.8 Å². The number of hydrogen-bond acceptors (Lipinski definition) is 9. The van der Waals surface area contributed by atoms with Gasteiger partial charge >= 0.3 is 0 Å². The highest BCUT2D eigenvalue weighted by Gasteiger charge is 2.27. The van der Waals surface area contributed by atoms with E-state index in [0.717, 1.165) is 66.0 Å². The summed E-state index contributed by atoms with van der Waals surface area (Å²) in [4.78, 5) is 34.5. The molecule has 11 nitrogen and oxygen atoms in total. The van der Waals surface area contributed by atoms with Crippen molar-refractivity contribution < 1.29 is 9.53 Å². The molecule has 2 aromatic heterocycles. The third kappa shape index (κ3) is 6.37. The molecule has 0 aliphatic carbocycles. The molecule has 1 aliphatic rings. The maximum Gasteiger partial charge on any atom is 0.241 e. The Morgan fingerprint density at radius 3 is 2.72 bits per heavy atom. The summed E-state index contributed by atoms with van der Waals surface area (Å²) in [5.74, 6) is 0.590. The Hall–Kier alpha value is -3.96. The van der Waals surface area contributed by atoms with Crippen LogP contribution in [0.1, 0.15) is 25.8 Å².